The number of carbonyl (C=O) groups is 1. The molecule has 2 heterocycles. The van der Waals surface area contributed by atoms with Crippen molar-refractivity contribution >= 4 is 21.8 Å². The van der Waals surface area contributed by atoms with Crippen molar-refractivity contribution in [1.82, 2.24) is 15.8 Å². The molecule has 5 nitrogen and oxygen atoms in total. The van der Waals surface area contributed by atoms with Gasteiger partial charge in [-0.2, -0.15) is 0 Å². The third kappa shape index (κ3) is 3.76. The van der Waals surface area contributed by atoms with Crippen molar-refractivity contribution in [1.29, 1.82) is 0 Å². The molecule has 0 saturated carbocycles. The first-order valence-electron chi connectivity index (χ1n) is 8.27. The van der Waals surface area contributed by atoms with E-state index in [1.165, 1.54) is 5.56 Å². The van der Waals surface area contributed by atoms with E-state index < -0.39 is 0 Å². The third-order valence-corrected chi connectivity index (χ3v) is 5.71. The van der Waals surface area contributed by atoms with Crippen LogP contribution in [-0.4, -0.2) is 48.0 Å². The van der Waals surface area contributed by atoms with Crippen LogP contribution >= 0.6 is 15.9 Å². The van der Waals surface area contributed by atoms with Gasteiger partial charge in [0.1, 0.15) is 6.04 Å². The van der Waals surface area contributed by atoms with E-state index in [0.717, 1.165) is 32.7 Å². The summed E-state index contributed by atoms with van der Waals surface area (Å²) in [6.45, 7) is 5.13. The van der Waals surface area contributed by atoms with Gasteiger partial charge in [0.2, 0.25) is 5.91 Å². The van der Waals surface area contributed by atoms with E-state index in [4.69, 9.17) is 4.74 Å². The molecule has 0 spiro atoms. The summed E-state index contributed by atoms with van der Waals surface area (Å²) in [5.74, 6) is 0.610. The Morgan fingerprint density at radius 2 is 2.13 bits per heavy atom. The van der Waals surface area contributed by atoms with Crippen molar-refractivity contribution in [3.05, 3.63) is 35.9 Å². The number of rotatable bonds is 5. The van der Waals surface area contributed by atoms with E-state index in [1.807, 2.05) is 30.0 Å². The van der Waals surface area contributed by atoms with E-state index in [0.29, 0.717) is 5.92 Å². The van der Waals surface area contributed by atoms with Crippen molar-refractivity contribution in [2.45, 2.75) is 30.3 Å². The van der Waals surface area contributed by atoms with Gasteiger partial charge in [0.25, 0.3) is 0 Å². The number of hydrogen-bond donors (Lipinski definition) is 2. The number of nitrogens with zero attached hydrogens (tertiary/aromatic N) is 1. The molecule has 2 N–H and O–H groups in total. The summed E-state index contributed by atoms with van der Waals surface area (Å²) in [7, 11) is 0. The molecule has 0 aromatic heterocycles. The maximum absolute atomic E-state index is 12.9. The number of benzene rings is 1. The number of ether oxygens (including phenoxy) is 1. The molecule has 23 heavy (non-hydrogen) atoms. The maximum Gasteiger partial charge on any atom is 0.242 e. The molecule has 126 valence electrons. The van der Waals surface area contributed by atoms with Crippen LogP contribution in [0.5, 0.6) is 0 Å². The summed E-state index contributed by atoms with van der Waals surface area (Å²) in [6.07, 6.45) is 1.05. The van der Waals surface area contributed by atoms with E-state index in [2.05, 4.69) is 38.9 Å². The molecule has 4 atom stereocenters. The summed E-state index contributed by atoms with van der Waals surface area (Å²) >= 11 is 3.72. The van der Waals surface area contributed by atoms with Crippen LogP contribution in [0.15, 0.2) is 30.3 Å². The molecule has 0 bridgehead atoms. The summed E-state index contributed by atoms with van der Waals surface area (Å²) in [5, 5.41) is 0. The van der Waals surface area contributed by atoms with Crippen LogP contribution in [0.3, 0.4) is 0 Å². The van der Waals surface area contributed by atoms with Gasteiger partial charge in [-0.15, -0.1) is 0 Å². The highest BCUT2D eigenvalue weighted by molar-refractivity contribution is 9.09. The van der Waals surface area contributed by atoms with Crippen molar-refractivity contribution in [3.63, 3.8) is 0 Å². The fraction of sp³-hybridized carbons (Fsp3) is 0.588. The van der Waals surface area contributed by atoms with Gasteiger partial charge in [-0.25, -0.2) is 10.9 Å². The van der Waals surface area contributed by atoms with Gasteiger partial charge in [0, 0.05) is 25.6 Å². The van der Waals surface area contributed by atoms with Crippen molar-refractivity contribution < 1.29 is 9.53 Å². The lowest BCUT2D eigenvalue weighted by atomic mass is 10.0. The number of amides is 1. The molecule has 0 aliphatic carbocycles. The Labute approximate surface area is 145 Å². The fourth-order valence-electron chi connectivity index (χ4n) is 3.27. The second kappa shape index (κ2) is 7.75. The number of likely N-dealkylation sites (N-methyl/N-ethyl adjacent to an activating group) is 1. The van der Waals surface area contributed by atoms with Crippen LogP contribution in [0, 0.1) is 5.92 Å². The lowest BCUT2D eigenvalue weighted by Crippen LogP contribution is -2.49. The largest absolute Gasteiger partial charge is 0.381 e. The van der Waals surface area contributed by atoms with Crippen LogP contribution in [0.4, 0.5) is 0 Å². The standard InChI is InChI=1S/C17H24BrN3O2/c1-2-21(10-12-8-9-23-11-12)17(22)16-14(18)15(19-20-16)13-6-4-3-5-7-13/h3-7,12,14-16,19-20H,2,8-11H2,1H3. The first-order valence-corrected chi connectivity index (χ1v) is 9.19. The first kappa shape index (κ1) is 16.9. The topological polar surface area (TPSA) is 53.6 Å². The smallest absolute Gasteiger partial charge is 0.242 e. The normalized spacial score (nSPS) is 30.5. The van der Waals surface area contributed by atoms with Gasteiger partial charge in [0.05, 0.1) is 17.5 Å². The van der Waals surface area contributed by atoms with Crippen LogP contribution in [0.1, 0.15) is 24.9 Å². The SMILES string of the molecule is CCN(CC1CCOC1)C(=O)C1NNC(c2ccccc2)C1Br. The molecular weight excluding hydrogens is 358 g/mol. The van der Waals surface area contributed by atoms with Crippen LogP contribution in [-0.2, 0) is 9.53 Å². The predicted molar refractivity (Wildman–Crippen MR) is 93.1 cm³/mol. The lowest BCUT2D eigenvalue weighted by molar-refractivity contribution is -0.133. The molecule has 1 aromatic rings. The van der Waals surface area contributed by atoms with Gasteiger partial charge >= 0.3 is 0 Å². The van der Waals surface area contributed by atoms with E-state index in [1.54, 1.807) is 0 Å². The third-order valence-electron chi connectivity index (χ3n) is 4.65. The number of hydrazine groups is 1. The molecule has 1 aromatic carbocycles. The van der Waals surface area contributed by atoms with Gasteiger partial charge in [0.15, 0.2) is 0 Å². The zero-order valence-electron chi connectivity index (χ0n) is 13.4. The van der Waals surface area contributed by atoms with Crippen LogP contribution in [0.25, 0.3) is 0 Å². The molecular formula is C17H24BrN3O2. The van der Waals surface area contributed by atoms with Crippen LogP contribution < -0.4 is 10.9 Å². The number of hydrogen-bond acceptors (Lipinski definition) is 4. The molecule has 2 aliphatic rings. The van der Waals surface area contributed by atoms with Crippen molar-refractivity contribution in [2.24, 2.45) is 5.92 Å². The Morgan fingerprint density at radius 1 is 1.35 bits per heavy atom. The zero-order chi connectivity index (χ0) is 16.2. The van der Waals surface area contributed by atoms with Gasteiger partial charge in [-0.05, 0) is 18.9 Å². The minimum Gasteiger partial charge on any atom is -0.381 e. The van der Waals surface area contributed by atoms with Crippen molar-refractivity contribution in [3.8, 4) is 0 Å². The van der Waals surface area contributed by atoms with E-state index in [-0.39, 0.29) is 22.8 Å². The minimum atomic E-state index is -0.262. The average Bonchev–Trinajstić information content (AvgIpc) is 3.22. The Hall–Kier alpha value is -0.950. The minimum absolute atomic E-state index is 0.0197. The second-order valence-corrected chi connectivity index (χ2v) is 7.26. The Morgan fingerprint density at radius 3 is 2.78 bits per heavy atom. The average molecular weight is 382 g/mol. The Balaban J connectivity index is 1.64. The number of carbonyl (C=O) groups excluding carboxylic acids is 1. The number of alkyl halides is 1. The monoisotopic (exact) mass is 381 g/mol. The fourth-order valence-corrected chi connectivity index (χ4v) is 4.06. The highest BCUT2D eigenvalue weighted by atomic mass is 79.9. The second-order valence-electron chi connectivity index (χ2n) is 6.21. The highest BCUT2D eigenvalue weighted by Gasteiger charge is 2.41. The van der Waals surface area contributed by atoms with Gasteiger partial charge in [-0.3, -0.25) is 4.79 Å². The molecule has 1 amide bonds. The molecule has 0 radical (unpaired) electrons. The summed E-state index contributed by atoms with van der Waals surface area (Å²) in [6, 6.07) is 10.0. The Kier molecular flexibility index (Phi) is 5.69. The molecule has 2 saturated heterocycles. The molecule has 2 aliphatic heterocycles. The highest BCUT2D eigenvalue weighted by Crippen LogP contribution is 2.29. The first-order chi connectivity index (χ1) is 11.2. The lowest BCUT2D eigenvalue weighted by Gasteiger charge is -2.27. The van der Waals surface area contributed by atoms with E-state index >= 15 is 0 Å². The molecule has 2 fully saturated rings. The summed E-state index contributed by atoms with van der Waals surface area (Å²) in [5.41, 5.74) is 7.60. The summed E-state index contributed by atoms with van der Waals surface area (Å²) < 4.78 is 5.43. The van der Waals surface area contributed by atoms with E-state index in [9.17, 15) is 4.79 Å². The van der Waals surface area contributed by atoms with Crippen molar-refractivity contribution in [2.75, 3.05) is 26.3 Å². The molecule has 6 heteroatoms. The maximum atomic E-state index is 12.9. The van der Waals surface area contributed by atoms with Gasteiger partial charge in [-0.1, -0.05) is 46.3 Å². The molecule has 4 unspecified atom stereocenters. The van der Waals surface area contributed by atoms with Gasteiger partial charge < -0.3 is 9.64 Å². The quantitative estimate of drug-likeness (QED) is 0.764. The van der Waals surface area contributed by atoms with Crippen LogP contribution in [0.2, 0.25) is 0 Å². The Bertz CT molecular complexity index is 522. The zero-order valence-corrected chi connectivity index (χ0v) is 15.0. The number of halogens is 1. The molecule has 3 rings (SSSR count). The number of nitrogens with one attached hydrogen (secondary N) is 2. The predicted octanol–water partition coefficient (Wildman–Crippen LogP) is 1.85. The summed E-state index contributed by atoms with van der Waals surface area (Å²) in [4.78, 5) is 14.9.